The van der Waals surface area contributed by atoms with Crippen molar-refractivity contribution < 1.29 is 9.53 Å². The van der Waals surface area contributed by atoms with E-state index in [-0.39, 0.29) is 5.91 Å². The predicted octanol–water partition coefficient (Wildman–Crippen LogP) is 5.51. The van der Waals surface area contributed by atoms with Gasteiger partial charge in [0, 0.05) is 28.1 Å². The summed E-state index contributed by atoms with van der Waals surface area (Å²) in [4.78, 5) is 12.3. The van der Waals surface area contributed by atoms with Crippen LogP contribution >= 0.6 is 35.0 Å². The molecule has 0 spiro atoms. The van der Waals surface area contributed by atoms with E-state index < -0.39 is 6.10 Å². The van der Waals surface area contributed by atoms with E-state index in [1.807, 2.05) is 56.3 Å². The summed E-state index contributed by atoms with van der Waals surface area (Å²) < 4.78 is 5.81. The lowest BCUT2D eigenvalue weighted by atomic mass is 10.2. The molecule has 1 atom stereocenters. The smallest absolute Gasteiger partial charge is 0.261 e. The van der Waals surface area contributed by atoms with Crippen LogP contribution in [0.5, 0.6) is 5.75 Å². The third kappa shape index (κ3) is 6.42. The van der Waals surface area contributed by atoms with Gasteiger partial charge in [-0.2, -0.15) is 11.8 Å². The fourth-order valence-electron chi connectivity index (χ4n) is 2.38. The Morgan fingerprint density at radius 1 is 1.19 bits per heavy atom. The van der Waals surface area contributed by atoms with E-state index in [0.29, 0.717) is 28.8 Å². The van der Waals surface area contributed by atoms with Gasteiger partial charge >= 0.3 is 0 Å². The molecule has 2 aromatic rings. The fraction of sp³-hybridized carbons (Fsp3) is 0.350. The second kappa shape index (κ2) is 10.7. The predicted molar refractivity (Wildman–Crippen MR) is 112 cm³/mol. The van der Waals surface area contributed by atoms with Crippen molar-refractivity contribution in [2.24, 2.45) is 0 Å². The first-order valence-corrected chi connectivity index (χ1v) is 10.4. The molecule has 1 amide bonds. The number of rotatable bonds is 9. The molecule has 0 heterocycles. The van der Waals surface area contributed by atoms with Crippen molar-refractivity contribution in [2.75, 3.05) is 12.3 Å². The first-order valence-electron chi connectivity index (χ1n) is 8.53. The molecule has 6 heteroatoms. The molecule has 140 valence electrons. The fourth-order valence-corrected chi connectivity index (χ4v) is 3.98. The summed E-state index contributed by atoms with van der Waals surface area (Å²) in [6, 6.07) is 13.2. The quantitative estimate of drug-likeness (QED) is 0.552. The lowest BCUT2D eigenvalue weighted by Crippen LogP contribution is -2.39. The Balaban J connectivity index is 1.75. The highest BCUT2D eigenvalue weighted by atomic mass is 35.5. The minimum Gasteiger partial charge on any atom is -0.481 e. The Morgan fingerprint density at radius 3 is 2.54 bits per heavy atom. The number of ether oxygens (including phenoxy) is 1. The van der Waals surface area contributed by atoms with Crippen LogP contribution in [-0.4, -0.2) is 24.3 Å². The van der Waals surface area contributed by atoms with E-state index in [2.05, 4.69) is 5.32 Å². The lowest BCUT2D eigenvalue weighted by molar-refractivity contribution is -0.127. The molecule has 26 heavy (non-hydrogen) atoms. The standard InChI is InChI=1S/C20H23Cl2NO2S/c1-3-19(25-15-7-4-6-14(2)12-15)20(24)23-10-11-26-13-16-17(21)8-5-9-18(16)22/h4-9,12,19H,3,10-11,13H2,1-2H3,(H,23,24)/t19-/m0/s1. The summed E-state index contributed by atoms with van der Waals surface area (Å²) >= 11 is 14.0. The van der Waals surface area contributed by atoms with Crippen molar-refractivity contribution in [2.45, 2.75) is 32.1 Å². The second-order valence-electron chi connectivity index (χ2n) is 5.88. The van der Waals surface area contributed by atoms with E-state index >= 15 is 0 Å². The summed E-state index contributed by atoms with van der Waals surface area (Å²) in [5, 5.41) is 4.28. The lowest BCUT2D eigenvalue weighted by Gasteiger charge is -2.17. The number of halogens is 2. The molecule has 0 fully saturated rings. The van der Waals surface area contributed by atoms with Crippen LogP contribution in [0, 0.1) is 6.92 Å². The molecule has 0 aliphatic carbocycles. The average molecular weight is 412 g/mol. The maximum absolute atomic E-state index is 12.3. The number of carbonyl (C=O) groups excluding carboxylic acids is 1. The topological polar surface area (TPSA) is 38.3 Å². The van der Waals surface area contributed by atoms with Gasteiger partial charge in [0.15, 0.2) is 6.10 Å². The van der Waals surface area contributed by atoms with E-state index in [4.69, 9.17) is 27.9 Å². The zero-order valence-corrected chi connectivity index (χ0v) is 17.3. The monoisotopic (exact) mass is 411 g/mol. The molecule has 0 bridgehead atoms. The van der Waals surface area contributed by atoms with Crippen molar-refractivity contribution in [3.8, 4) is 5.75 Å². The molecule has 0 aliphatic rings. The van der Waals surface area contributed by atoms with Gasteiger partial charge in [0.1, 0.15) is 5.75 Å². The van der Waals surface area contributed by atoms with Gasteiger partial charge in [-0.25, -0.2) is 0 Å². The molecule has 2 aromatic carbocycles. The van der Waals surface area contributed by atoms with Crippen LogP contribution in [0.4, 0.5) is 0 Å². The zero-order chi connectivity index (χ0) is 18.9. The number of amides is 1. The van der Waals surface area contributed by atoms with Crippen LogP contribution in [-0.2, 0) is 10.5 Å². The van der Waals surface area contributed by atoms with Gasteiger partial charge in [-0.1, -0.05) is 48.3 Å². The first-order chi connectivity index (χ1) is 12.5. The zero-order valence-electron chi connectivity index (χ0n) is 14.9. The molecule has 0 unspecified atom stereocenters. The molecule has 0 aliphatic heterocycles. The van der Waals surface area contributed by atoms with Gasteiger partial charge in [-0.3, -0.25) is 4.79 Å². The Labute approximate surface area is 169 Å². The molecule has 0 aromatic heterocycles. The molecule has 3 nitrogen and oxygen atoms in total. The normalized spacial score (nSPS) is 11.8. The molecule has 0 saturated carbocycles. The number of hydrogen-bond acceptors (Lipinski definition) is 3. The minimum absolute atomic E-state index is 0.0922. The number of carbonyl (C=O) groups is 1. The number of benzene rings is 2. The highest BCUT2D eigenvalue weighted by Gasteiger charge is 2.17. The Bertz CT molecular complexity index is 719. The molecule has 1 N–H and O–H groups in total. The van der Waals surface area contributed by atoms with Crippen LogP contribution in [0.2, 0.25) is 10.0 Å². The number of thioether (sulfide) groups is 1. The van der Waals surface area contributed by atoms with Gasteiger partial charge in [-0.15, -0.1) is 0 Å². The highest BCUT2D eigenvalue weighted by molar-refractivity contribution is 7.98. The maximum Gasteiger partial charge on any atom is 0.261 e. The van der Waals surface area contributed by atoms with Crippen LogP contribution < -0.4 is 10.1 Å². The van der Waals surface area contributed by atoms with Crippen molar-refractivity contribution >= 4 is 40.9 Å². The van der Waals surface area contributed by atoms with Gasteiger partial charge in [0.25, 0.3) is 5.91 Å². The Kier molecular flexibility index (Phi) is 8.63. The van der Waals surface area contributed by atoms with Gasteiger partial charge in [0.2, 0.25) is 0 Å². The van der Waals surface area contributed by atoms with Crippen molar-refractivity contribution in [1.82, 2.24) is 5.32 Å². The van der Waals surface area contributed by atoms with Crippen LogP contribution in [0.15, 0.2) is 42.5 Å². The van der Waals surface area contributed by atoms with Gasteiger partial charge in [-0.05, 0) is 48.7 Å². The molecule has 2 rings (SSSR count). The minimum atomic E-state index is -0.486. The van der Waals surface area contributed by atoms with E-state index in [9.17, 15) is 4.79 Å². The summed E-state index contributed by atoms with van der Waals surface area (Å²) in [6.45, 7) is 4.50. The van der Waals surface area contributed by atoms with E-state index in [0.717, 1.165) is 22.6 Å². The van der Waals surface area contributed by atoms with Gasteiger partial charge < -0.3 is 10.1 Å². The molecule has 0 radical (unpaired) electrons. The third-order valence-corrected chi connectivity index (χ3v) is 5.48. The number of aryl methyl sites for hydroxylation is 1. The molecular weight excluding hydrogens is 389 g/mol. The van der Waals surface area contributed by atoms with Crippen molar-refractivity contribution in [3.05, 3.63) is 63.6 Å². The second-order valence-corrected chi connectivity index (χ2v) is 7.79. The first kappa shape index (κ1) is 20.9. The summed E-state index contributed by atoms with van der Waals surface area (Å²) in [6.07, 6.45) is 0.127. The average Bonchev–Trinajstić information content (AvgIpc) is 2.61. The maximum atomic E-state index is 12.3. The van der Waals surface area contributed by atoms with Crippen molar-refractivity contribution in [3.63, 3.8) is 0 Å². The van der Waals surface area contributed by atoms with E-state index in [1.165, 1.54) is 0 Å². The van der Waals surface area contributed by atoms with Crippen molar-refractivity contribution in [1.29, 1.82) is 0 Å². The summed E-state index contributed by atoms with van der Waals surface area (Å²) in [7, 11) is 0. The van der Waals surface area contributed by atoms with E-state index in [1.54, 1.807) is 11.8 Å². The number of nitrogens with one attached hydrogen (secondary N) is 1. The molecule has 0 saturated heterocycles. The highest BCUT2D eigenvalue weighted by Crippen LogP contribution is 2.28. The summed E-state index contributed by atoms with van der Waals surface area (Å²) in [5.74, 6) is 2.11. The van der Waals surface area contributed by atoms with Crippen LogP contribution in [0.3, 0.4) is 0 Å². The Hall–Kier alpha value is -1.36. The van der Waals surface area contributed by atoms with Crippen LogP contribution in [0.25, 0.3) is 0 Å². The Morgan fingerprint density at radius 2 is 1.88 bits per heavy atom. The third-order valence-electron chi connectivity index (χ3n) is 3.78. The molecular formula is C20H23Cl2NO2S. The summed E-state index contributed by atoms with van der Waals surface area (Å²) in [5.41, 5.74) is 2.04. The SMILES string of the molecule is CC[C@H](Oc1cccc(C)c1)C(=O)NCCSCc1c(Cl)cccc1Cl. The van der Waals surface area contributed by atoms with Gasteiger partial charge in [0.05, 0.1) is 0 Å². The number of hydrogen-bond donors (Lipinski definition) is 1. The van der Waals surface area contributed by atoms with Crippen LogP contribution in [0.1, 0.15) is 24.5 Å². The largest absolute Gasteiger partial charge is 0.481 e.